The Morgan fingerprint density at radius 3 is 2.40 bits per heavy atom. The van der Waals surface area contributed by atoms with Crippen LogP contribution in [0, 0.1) is 20.8 Å². The summed E-state index contributed by atoms with van der Waals surface area (Å²) in [6.45, 7) is 5.61. The van der Waals surface area contributed by atoms with Gasteiger partial charge in [-0.1, -0.05) is 6.07 Å². The molecular weight excluding hydrogens is 360 g/mol. The molecule has 0 aliphatic heterocycles. The molecule has 0 radical (unpaired) electrons. The lowest BCUT2D eigenvalue weighted by molar-refractivity contribution is 0.603. The molecule has 0 aliphatic rings. The highest BCUT2D eigenvalue weighted by molar-refractivity contribution is 9.11. The van der Waals surface area contributed by atoms with E-state index in [0.29, 0.717) is 11.4 Å². The number of thiophene rings is 1. The number of hydrogen-bond donors (Lipinski definition) is 2. The number of aryl methyl sites for hydroxylation is 2. The van der Waals surface area contributed by atoms with Crippen molar-refractivity contribution >= 4 is 48.7 Å². The number of hydrogen-bond acceptors (Lipinski definition) is 4. The van der Waals surface area contributed by atoms with Crippen LogP contribution in [0.1, 0.15) is 16.7 Å². The van der Waals surface area contributed by atoms with Crippen LogP contribution in [0.15, 0.2) is 26.2 Å². The number of anilines is 2. The van der Waals surface area contributed by atoms with Crippen LogP contribution in [0.2, 0.25) is 0 Å². The predicted molar refractivity (Wildman–Crippen MR) is 87.9 cm³/mol. The fourth-order valence-electron chi connectivity index (χ4n) is 1.72. The van der Waals surface area contributed by atoms with E-state index in [-0.39, 0.29) is 4.21 Å². The van der Waals surface area contributed by atoms with Crippen LogP contribution in [0.3, 0.4) is 0 Å². The van der Waals surface area contributed by atoms with E-state index < -0.39 is 10.0 Å². The molecule has 0 aliphatic carbocycles. The molecule has 7 heteroatoms. The zero-order valence-corrected chi connectivity index (χ0v) is 14.5. The highest BCUT2D eigenvalue weighted by Crippen LogP contribution is 2.33. The normalized spacial score (nSPS) is 11.6. The van der Waals surface area contributed by atoms with Crippen LogP contribution < -0.4 is 10.5 Å². The van der Waals surface area contributed by atoms with E-state index in [1.165, 1.54) is 11.3 Å². The molecular formula is C13H15BrN2O2S2. The third-order valence-electron chi connectivity index (χ3n) is 3.10. The second kappa shape index (κ2) is 5.38. The van der Waals surface area contributed by atoms with Gasteiger partial charge in [0.05, 0.1) is 15.2 Å². The third kappa shape index (κ3) is 2.84. The van der Waals surface area contributed by atoms with E-state index in [1.54, 1.807) is 12.1 Å². The fraction of sp³-hybridized carbons (Fsp3) is 0.231. The lowest BCUT2D eigenvalue weighted by Crippen LogP contribution is -2.14. The van der Waals surface area contributed by atoms with Crippen LogP contribution in [0.4, 0.5) is 11.4 Å². The van der Waals surface area contributed by atoms with Crippen LogP contribution in [-0.4, -0.2) is 8.42 Å². The molecule has 1 heterocycles. The summed E-state index contributed by atoms with van der Waals surface area (Å²) in [7, 11) is -3.62. The first-order valence-corrected chi connectivity index (χ1v) is 8.96. The molecule has 1 aromatic heterocycles. The smallest absolute Gasteiger partial charge is 0.271 e. The Labute approximate surface area is 131 Å². The van der Waals surface area contributed by atoms with Gasteiger partial charge in [-0.05, 0) is 65.5 Å². The highest BCUT2D eigenvalue weighted by atomic mass is 79.9. The first-order chi connectivity index (χ1) is 9.22. The summed E-state index contributed by atoms with van der Waals surface area (Å²) in [6.07, 6.45) is 0. The van der Waals surface area contributed by atoms with Crippen molar-refractivity contribution in [1.29, 1.82) is 0 Å². The molecule has 2 rings (SSSR count). The maximum Gasteiger partial charge on any atom is 0.271 e. The molecule has 1 aromatic carbocycles. The van der Waals surface area contributed by atoms with Crippen molar-refractivity contribution in [2.75, 3.05) is 10.5 Å². The minimum Gasteiger partial charge on any atom is -0.397 e. The molecule has 108 valence electrons. The van der Waals surface area contributed by atoms with E-state index in [0.717, 1.165) is 20.5 Å². The van der Waals surface area contributed by atoms with Gasteiger partial charge in [0, 0.05) is 0 Å². The first-order valence-electron chi connectivity index (χ1n) is 5.87. The molecule has 0 atom stereocenters. The minimum atomic E-state index is -3.62. The summed E-state index contributed by atoms with van der Waals surface area (Å²) < 4.78 is 28.5. The van der Waals surface area contributed by atoms with Gasteiger partial charge in [0.25, 0.3) is 10.0 Å². The zero-order chi connectivity index (χ0) is 15.1. The number of nitrogen functional groups attached to an aromatic ring is 1. The summed E-state index contributed by atoms with van der Waals surface area (Å²) in [4.78, 5) is 0. The zero-order valence-electron chi connectivity index (χ0n) is 11.3. The maximum atomic E-state index is 12.4. The van der Waals surface area contributed by atoms with Crippen molar-refractivity contribution in [3.05, 3.63) is 38.7 Å². The minimum absolute atomic E-state index is 0.266. The second-order valence-corrected chi connectivity index (χ2v) is 8.88. The van der Waals surface area contributed by atoms with Crippen molar-refractivity contribution in [3.63, 3.8) is 0 Å². The highest BCUT2D eigenvalue weighted by Gasteiger charge is 2.20. The predicted octanol–water partition coefficient (Wildman–Crippen LogP) is 3.82. The van der Waals surface area contributed by atoms with E-state index >= 15 is 0 Å². The van der Waals surface area contributed by atoms with Crippen molar-refractivity contribution in [2.45, 2.75) is 25.0 Å². The molecule has 0 saturated heterocycles. The van der Waals surface area contributed by atoms with Gasteiger partial charge in [0.2, 0.25) is 0 Å². The van der Waals surface area contributed by atoms with Gasteiger partial charge in [-0.2, -0.15) is 0 Å². The Balaban J connectivity index is 2.46. The van der Waals surface area contributed by atoms with Gasteiger partial charge in [0.15, 0.2) is 0 Å². The number of rotatable bonds is 3. The van der Waals surface area contributed by atoms with Crippen LogP contribution >= 0.6 is 27.3 Å². The number of halogens is 1. The molecule has 20 heavy (non-hydrogen) atoms. The topological polar surface area (TPSA) is 72.2 Å². The number of sulfonamides is 1. The average Bonchev–Trinajstić information content (AvgIpc) is 2.71. The number of benzene rings is 1. The number of nitrogens with one attached hydrogen (secondary N) is 1. The van der Waals surface area contributed by atoms with Crippen LogP contribution in [-0.2, 0) is 10.0 Å². The molecule has 0 fully saturated rings. The SMILES string of the molecule is Cc1cc(S(=O)(=O)Nc2c(N)ccc(C)c2C)sc1Br. The monoisotopic (exact) mass is 374 g/mol. The quantitative estimate of drug-likeness (QED) is 0.802. The second-order valence-electron chi connectivity index (χ2n) is 4.60. The summed E-state index contributed by atoms with van der Waals surface area (Å²) in [5.74, 6) is 0. The van der Waals surface area contributed by atoms with Crippen molar-refractivity contribution in [3.8, 4) is 0 Å². The Hall–Kier alpha value is -1.05. The molecule has 0 saturated carbocycles. The molecule has 4 nitrogen and oxygen atoms in total. The number of nitrogens with two attached hydrogens (primary N) is 1. The van der Waals surface area contributed by atoms with Gasteiger partial charge in [0.1, 0.15) is 4.21 Å². The average molecular weight is 375 g/mol. The van der Waals surface area contributed by atoms with E-state index in [4.69, 9.17) is 5.73 Å². The van der Waals surface area contributed by atoms with Crippen LogP contribution in [0.5, 0.6) is 0 Å². The Kier molecular flexibility index (Phi) is 4.13. The third-order valence-corrected chi connectivity index (χ3v) is 7.06. The summed E-state index contributed by atoms with van der Waals surface area (Å²) in [5.41, 5.74) is 9.46. The maximum absolute atomic E-state index is 12.4. The molecule has 0 unspecified atom stereocenters. The van der Waals surface area contributed by atoms with Crippen LogP contribution in [0.25, 0.3) is 0 Å². The van der Waals surface area contributed by atoms with Gasteiger partial charge in [-0.3, -0.25) is 4.72 Å². The molecule has 2 aromatic rings. The summed E-state index contributed by atoms with van der Waals surface area (Å²) in [6, 6.07) is 5.21. The van der Waals surface area contributed by atoms with E-state index in [2.05, 4.69) is 20.7 Å². The lowest BCUT2D eigenvalue weighted by atomic mass is 10.1. The Morgan fingerprint density at radius 1 is 1.20 bits per heavy atom. The molecule has 3 N–H and O–H groups in total. The van der Waals surface area contributed by atoms with Crippen molar-refractivity contribution in [2.24, 2.45) is 0 Å². The fourth-order valence-corrected chi connectivity index (χ4v) is 5.10. The summed E-state index contributed by atoms with van der Waals surface area (Å²) >= 11 is 4.52. The Morgan fingerprint density at radius 2 is 1.85 bits per heavy atom. The van der Waals surface area contributed by atoms with Gasteiger partial charge in [-0.25, -0.2) is 8.42 Å². The standard InChI is InChI=1S/C13H15BrN2O2S2/c1-7-4-5-10(15)12(9(7)3)16-20(17,18)11-6-8(2)13(14)19-11/h4-6,16H,15H2,1-3H3. The van der Waals surface area contributed by atoms with E-state index in [1.807, 2.05) is 26.8 Å². The lowest BCUT2D eigenvalue weighted by Gasteiger charge is -2.13. The molecule has 0 bridgehead atoms. The van der Waals surface area contributed by atoms with Crippen molar-refractivity contribution in [1.82, 2.24) is 0 Å². The largest absolute Gasteiger partial charge is 0.397 e. The van der Waals surface area contributed by atoms with E-state index in [9.17, 15) is 8.42 Å². The van der Waals surface area contributed by atoms with Crippen molar-refractivity contribution < 1.29 is 8.42 Å². The van der Waals surface area contributed by atoms with Gasteiger partial charge >= 0.3 is 0 Å². The van der Waals surface area contributed by atoms with Gasteiger partial charge < -0.3 is 5.73 Å². The summed E-state index contributed by atoms with van der Waals surface area (Å²) in [5, 5.41) is 0. The van der Waals surface area contributed by atoms with Gasteiger partial charge in [-0.15, -0.1) is 11.3 Å². The Bertz CT molecular complexity index is 747. The molecule has 0 amide bonds. The molecule has 0 spiro atoms. The first kappa shape index (κ1) is 15.3.